The molecule has 0 saturated carbocycles. The van der Waals surface area contributed by atoms with Crippen LogP contribution in [-0.2, 0) is 0 Å². The van der Waals surface area contributed by atoms with Crippen LogP contribution >= 0.6 is 22.9 Å². The van der Waals surface area contributed by atoms with E-state index in [1.807, 2.05) is 18.2 Å². The summed E-state index contributed by atoms with van der Waals surface area (Å²) in [6.45, 7) is 2.78. The number of carboxylic acid groups (broad SMARTS) is 1. The Kier molecular flexibility index (Phi) is 4.09. The highest BCUT2D eigenvalue weighted by atomic mass is 35.5. The molecule has 96 valence electrons. The minimum Gasteiger partial charge on any atom is -0.494 e. The van der Waals surface area contributed by atoms with Gasteiger partial charge in [0.2, 0.25) is 0 Å². The predicted molar refractivity (Wildman–Crippen MR) is 74.2 cm³/mol. The zero-order chi connectivity index (χ0) is 13.1. The summed E-state index contributed by atoms with van der Waals surface area (Å²) < 4.78 is 6.42. The highest BCUT2D eigenvalue weighted by molar-refractivity contribution is 7.21. The molecule has 0 amide bonds. The zero-order valence-electron chi connectivity index (χ0n) is 9.90. The normalized spacial score (nSPS) is 10.8. The van der Waals surface area contributed by atoms with Gasteiger partial charge in [-0.05, 0) is 24.6 Å². The Morgan fingerprint density at radius 3 is 2.94 bits per heavy atom. The number of ether oxygens (including phenoxy) is 1. The average Bonchev–Trinajstić information content (AvgIpc) is 2.67. The first-order valence-corrected chi connectivity index (χ1v) is 6.91. The summed E-state index contributed by atoms with van der Waals surface area (Å²) >= 11 is 7.19. The molecule has 0 aliphatic heterocycles. The van der Waals surface area contributed by atoms with Crippen LogP contribution in [0.3, 0.4) is 0 Å². The highest BCUT2D eigenvalue weighted by Crippen LogP contribution is 2.37. The second kappa shape index (κ2) is 5.59. The van der Waals surface area contributed by atoms with Crippen LogP contribution in [0.1, 0.15) is 29.4 Å². The van der Waals surface area contributed by atoms with Gasteiger partial charge < -0.3 is 9.84 Å². The van der Waals surface area contributed by atoms with Crippen molar-refractivity contribution in [3.8, 4) is 5.75 Å². The van der Waals surface area contributed by atoms with Crippen LogP contribution in [-0.4, -0.2) is 17.7 Å². The topological polar surface area (TPSA) is 46.5 Å². The van der Waals surface area contributed by atoms with Crippen molar-refractivity contribution in [2.75, 3.05) is 6.61 Å². The van der Waals surface area contributed by atoms with Crippen LogP contribution in [0.2, 0.25) is 5.02 Å². The Bertz CT molecular complexity index is 577. The summed E-state index contributed by atoms with van der Waals surface area (Å²) in [5.74, 6) is -0.236. The van der Waals surface area contributed by atoms with Crippen molar-refractivity contribution in [3.63, 3.8) is 0 Å². The number of fused-ring (bicyclic) bond motifs is 1. The molecule has 0 atom stereocenters. The summed E-state index contributed by atoms with van der Waals surface area (Å²) in [7, 11) is 0. The molecule has 1 N–H and O–H groups in total. The molecule has 5 heteroatoms. The smallest absolute Gasteiger partial charge is 0.347 e. The fraction of sp³-hybridized carbons (Fsp3) is 0.308. The van der Waals surface area contributed by atoms with Gasteiger partial charge in [0.25, 0.3) is 0 Å². The number of unbranched alkanes of at least 4 members (excludes halogenated alkanes) is 1. The molecule has 0 unspecified atom stereocenters. The van der Waals surface area contributed by atoms with Crippen molar-refractivity contribution in [1.29, 1.82) is 0 Å². The molecule has 0 radical (unpaired) electrons. The minimum atomic E-state index is -0.991. The molecule has 2 aromatic rings. The number of hydrogen-bond acceptors (Lipinski definition) is 3. The van der Waals surface area contributed by atoms with Gasteiger partial charge in [0.1, 0.15) is 10.6 Å². The van der Waals surface area contributed by atoms with Gasteiger partial charge in [-0.15, -0.1) is 11.3 Å². The Balaban J connectivity index is 2.31. The van der Waals surface area contributed by atoms with Gasteiger partial charge in [0.05, 0.1) is 11.6 Å². The summed E-state index contributed by atoms with van der Waals surface area (Å²) in [4.78, 5) is 11.2. The quantitative estimate of drug-likeness (QED) is 0.826. The van der Waals surface area contributed by atoms with Crippen molar-refractivity contribution >= 4 is 39.0 Å². The number of halogens is 1. The van der Waals surface area contributed by atoms with E-state index in [1.54, 1.807) is 0 Å². The van der Waals surface area contributed by atoms with E-state index in [4.69, 9.17) is 21.4 Å². The van der Waals surface area contributed by atoms with Crippen LogP contribution in [0.4, 0.5) is 0 Å². The van der Waals surface area contributed by atoms with Crippen molar-refractivity contribution < 1.29 is 14.6 Å². The lowest BCUT2D eigenvalue weighted by molar-refractivity contribution is 0.0702. The van der Waals surface area contributed by atoms with Crippen molar-refractivity contribution in [2.24, 2.45) is 0 Å². The van der Waals surface area contributed by atoms with E-state index in [0.717, 1.165) is 28.7 Å². The predicted octanol–water partition coefficient (Wildman–Crippen LogP) is 4.43. The monoisotopic (exact) mass is 284 g/mol. The average molecular weight is 285 g/mol. The number of hydrogen-bond donors (Lipinski definition) is 1. The van der Waals surface area contributed by atoms with Gasteiger partial charge >= 0.3 is 5.97 Å². The lowest BCUT2D eigenvalue weighted by Crippen LogP contribution is -1.95. The van der Waals surface area contributed by atoms with E-state index in [-0.39, 0.29) is 4.88 Å². The third-order valence-corrected chi connectivity index (χ3v) is 4.21. The maximum atomic E-state index is 11.0. The summed E-state index contributed by atoms with van der Waals surface area (Å²) in [6, 6.07) is 5.47. The molecule has 3 nitrogen and oxygen atoms in total. The molecule has 0 spiro atoms. The van der Waals surface area contributed by atoms with Gasteiger partial charge in [-0.2, -0.15) is 0 Å². The molecular formula is C13H13ClO3S. The summed E-state index contributed by atoms with van der Waals surface area (Å²) in [5.41, 5.74) is 0. The van der Waals surface area contributed by atoms with Crippen LogP contribution < -0.4 is 4.74 Å². The molecule has 0 aliphatic carbocycles. The zero-order valence-corrected chi connectivity index (χ0v) is 11.5. The molecule has 1 aromatic heterocycles. The minimum absolute atomic E-state index is 0.178. The molecule has 18 heavy (non-hydrogen) atoms. The maximum Gasteiger partial charge on any atom is 0.347 e. The van der Waals surface area contributed by atoms with Crippen LogP contribution in [0.25, 0.3) is 10.1 Å². The Morgan fingerprint density at radius 2 is 2.28 bits per heavy atom. The van der Waals surface area contributed by atoms with Crippen molar-refractivity contribution in [3.05, 3.63) is 28.1 Å². The van der Waals surface area contributed by atoms with Crippen LogP contribution in [0, 0.1) is 0 Å². The second-order valence-corrected chi connectivity index (χ2v) is 5.34. The standard InChI is InChI=1S/C13H13ClO3S/c1-2-3-6-17-8-4-5-9-10(7-8)18-12(11(9)14)13(15)16/h4-5,7H,2-3,6H2,1H3,(H,15,16). The number of carbonyl (C=O) groups is 1. The largest absolute Gasteiger partial charge is 0.494 e. The fourth-order valence-electron chi connectivity index (χ4n) is 1.61. The molecule has 0 fully saturated rings. The van der Waals surface area contributed by atoms with E-state index < -0.39 is 5.97 Å². The lowest BCUT2D eigenvalue weighted by atomic mass is 10.2. The maximum absolute atomic E-state index is 11.0. The number of rotatable bonds is 5. The van der Waals surface area contributed by atoms with Crippen molar-refractivity contribution in [2.45, 2.75) is 19.8 Å². The number of carboxylic acids is 1. The molecule has 0 aliphatic rings. The SMILES string of the molecule is CCCCOc1ccc2c(Cl)c(C(=O)O)sc2c1. The molecule has 0 saturated heterocycles. The van der Waals surface area contributed by atoms with E-state index in [0.29, 0.717) is 11.6 Å². The third kappa shape index (κ3) is 2.60. The van der Waals surface area contributed by atoms with Gasteiger partial charge in [-0.3, -0.25) is 0 Å². The number of benzene rings is 1. The first-order valence-electron chi connectivity index (χ1n) is 5.71. The first kappa shape index (κ1) is 13.2. The Labute approximate surface area is 114 Å². The van der Waals surface area contributed by atoms with E-state index in [9.17, 15) is 4.79 Å². The summed E-state index contributed by atoms with van der Waals surface area (Å²) in [5, 5.41) is 10.1. The van der Waals surface area contributed by atoms with Gasteiger partial charge in [-0.1, -0.05) is 24.9 Å². The Morgan fingerprint density at radius 1 is 1.50 bits per heavy atom. The molecule has 1 heterocycles. The van der Waals surface area contributed by atoms with Gasteiger partial charge in [0, 0.05) is 10.1 Å². The number of thiophene rings is 1. The van der Waals surface area contributed by atoms with E-state index >= 15 is 0 Å². The number of aromatic carboxylic acids is 1. The van der Waals surface area contributed by atoms with Gasteiger partial charge in [-0.25, -0.2) is 4.79 Å². The molecule has 1 aromatic carbocycles. The molecule has 0 bridgehead atoms. The highest BCUT2D eigenvalue weighted by Gasteiger charge is 2.16. The fourth-order valence-corrected chi connectivity index (χ4v) is 2.99. The second-order valence-electron chi connectivity index (χ2n) is 3.91. The third-order valence-electron chi connectivity index (χ3n) is 2.56. The summed E-state index contributed by atoms with van der Waals surface area (Å²) in [6.07, 6.45) is 2.08. The molecule has 2 rings (SSSR count). The van der Waals surface area contributed by atoms with E-state index in [2.05, 4.69) is 6.92 Å². The first-order chi connectivity index (χ1) is 8.63. The molecular weight excluding hydrogens is 272 g/mol. The van der Waals surface area contributed by atoms with Gasteiger partial charge in [0.15, 0.2) is 0 Å². The van der Waals surface area contributed by atoms with Crippen LogP contribution in [0.5, 0.6) is 5.75 Å². The lowest BCUT2D eigenvalue weighted by Gasteiger charge is -2.04. The van der Waals surface area contributed by atoms with E-state index in [1.165, 1.54) is 11.3 Å². The Hall–Kier alpha value is -1.26. The van der Waals surface area contributed by atoms with Crippen LogP contribution in [0.15, 0.2) is 18.2 Å². The van der Waals surface area contributed by atoms with Crippen molar-refractivity contribution in [1.82, 2.24) is 0 Å².